The van der Waals surface area contributed by atoms with Crippen molar-refractivity contribution in [3.63, 3.8) is 0 Å². The first-order chi connectivity index (χ1) is 33.0. The van der Waals surface area contributed by atoms with Crippen molar-refractivity contribution >= 4 is 64.1 Å². The Morgan fingerprint density at radius 1 is 0.700 bits per heavy atom. The summed E-state index contributed by atoms with van der Waals surface area (Å²) in [5.74, 6) is -6.57. The number of hydrogen-bond donors (Lipinski definition) is 11. The fourth-order valence-electron chi connectivity index (χ4n) is 7.40. The summed E-state index contributed by atoms with van der Waals surface area (Å²) in [6.07, 6.45) is 0.770. The Labute approximate surface area is 408 Å². The lowest BCUT2D eigenvalue weighted by molar-refractivity contribution is -0.144. The van der Waals surface area contributed by atoms with E-state index in [1.54, 1.807) is 32.2 Å². The molecule has 3 aromatic rings. The first kappa shape index (κ1) is 57.4. The highest BCUT2D eigenvalue weighted by atomic mass is 16.4. The minimum Gasteiger partial charge on any atom is -0.480 e. The number of aliphatic hydroxyl groups excluding tert-OH is 1. The first-order valence-corrected chi connectivity index (χ1v) is 23.6. The fourth-order valence-corrected chi connectivity index (χ4v) is 7.40. The molecule has 21 heteroatoms. The zero-order valence-corrected chi connectivity index (χ0v) is 41.3. The number of hydrogen-bond acceptors (Lipinski definition) is 11. The number of carbonyl (C=O) groups is 9. The highest BCUT2D eigenvalue weighted by molar-refractivity contribution is 5.99. The Morgan fingerprint density at radius 3 is 1.94 bits per heavy atom. The third-order valence-corrected chi connectivity index (χ3v) is 11.2. The summed E-state index contributed by atoms with van der Waals surface area (Å²) >= 11 is 0. The van der Waals surface area contributed by atoms with Crippen LogP contribution in [0.1, 0.15) is 96.1 Å². The molecule has 0 aliphatic heterocycles. The first-order valence-electron chi connectivity index (χ1n) is 23.6. The molecule has 0 fully saturated rings. The van der Waals surface area contributed by atoms with Crippen molar-refractivity contribution in [2.75, 3.05) is 26.2 Å². The number of carbonyl (C=O) groups excluding carboxylic acids is 8. The predicted molar refractivity (Wildman–Crippen MR) is 261 cm³/mol. The van der Waals surface area contributed by atoms with Crippen molar-refractivity contribution in [1.29, 1.82) is 0 Å². The Balaban J connectivity index is 1.70. The number of aliphatic carboxylic acids is 1. The molecule has 0 unspecified atom stereocenters. The van der Waals surface area contributed by atoms with Crippen LogP contribution in [-0.2, 0) is 51.3 Å². The molecule has 0 aliphatic rings. The van der Waals surface area contributed by atoms with E-state index in [4.69, 9.17) is 5.73 Å². The van der Waals surface area contributed by atoms with E-state index in [1.165, 1.54) is 30.9 Å². The van der Waals surface area contributed by atoms with E-state index >= 15 is 0 Å². The highest BCUT2D eigenvalue weighted by Gasteiger charge is 2.34. The fraction of sp³-hybridized carbons (Fsp3) is 0.531. The number of para-hydroxylation sites is 1. The van der Waals surface area contributed by atoms with Crippen molar-refractivity contribution in [3.8, 4) is 0 Å². The van der Waals surface area contributed by atoms with Gasteiger partial charge in [-0.15, -0.1) is 0 Å². The molecule has 0 saturated heterocycles. The maximum absolute atomic E-state index is 13.8. The summed E-state index contributed by atoms with van der Waals surface area (Å²) in [6, 6.07) is 7.86. The topological polar surface area (TPSA) is 323 Å². The number of nitrogens with two attached hydrogens (primary N) is 1. The van der Waals surface area contributed by atoms with Crippen LogP contribution in [0.5, 0.6) is 0 Å². The van der Waals surface area contributed by atoms with Gasteiger partial charge in [0.15, 0.2) is 0 Å². The number of nitrogens with one attached hydrogen (secondary N) is 8. The number of amides is 8. The van der Waals surface area contributed by atoms with Crippen LogP contribution in [0.2, 0.25) is 0 Å². The normalized spacial score (nSPS) is 13.8. The van der Waals surface area contributed by atoms with E-state index in [0.29, 0.717) is 17.5 Å². The van der Waals surface area contributed by atoms with Crippen LogP contribution >= 0.6 is 0 Å². The maximum Gasteiger partial charge on any atom is 0.326 e. The molecule has 70 heavy (non-hydrogen) atoms. The van der Waals surface area contributed by atoms with Gasteiger partial charge >= 0.3 is 5.97 Å². The lowest BCUT2D eigenvalue weighted by Crippen LogP contribution is -2.59. The number of aromatic amines is 1. The van der Waals surface area contributed by atoms with Gasteiger partial charge in [0, 0.05) is 55.3 Å². The van der Waals surface area contributed by atoms with Crippen molar-refractivity contribution in [2.45, 2.75) is 124 Å². The molecule has 0 aliphatic carbocycles. The number of aromatic nitrogens is 1. The smallest absolute Gasteiger partial charge is 0.326 e. The van der Waals surface area contributed by atoms with E-state index < -0.39 is 96.1 Å². The standard InChI is InChI=1S/C49H72N10O11/c1-27(2)20-37(55-39(61)16-17-50)46(66)54-30(7)44(64)51-18-19-59(41(63)23-34-25-52-36-15-10-9-14-35(34)36)26-40(62)53-24-32-12-11-13-33(22-32)45(65)56-38(21-28(3)4)47(67)58-43(31(8)60)48(68)57-42(29(5)6)49(69)70/h9-15,22,25,27-31,37-38,42-43,52,60H,16-21,23-24,26,50H2,1-8H3,(H,51,64)(H,53,62)(H,54,66)(H,55,61)(H,56,65)(H,57,68)(H,58,67)(H,69,70)/t30-,31+,37-,38-,42-,43-/m0/s1. The number of rotatable bonds is 28. The molecule has 21 nitrogen and oxygen atoms in total. The summed E-state index contributed by atoms with van der Waals surface area (Å²) in [7, 11) is 0. The molecule has 1 aromatic heterocycles. The zero-order chi connectivity index (χ0) is 52.2. The lowest BCUT2D eigenvalue weighted by Gasteiger charge is -2.27. The quantitative estimate of drug-likeness (QED) is 0.0477. The van der Waals surface area contributed by atoms with Crippen LogP contribution in [0.3, 0.4) is 0 Å². The number of fused-ring (bicyclic) bond motifs is 1. The Kier molecular flexibility index (Phi) is 22.9. The van der Waals surface area contributed by atoms with E-state index in [0.717, 1.165) is 10.9 Å². The molecule has 0 radical (unpaired) electrons. The summed E-state index contributed by atoms with van der Waals surface area (Å²) in [5.41, 5.74) is 7.66. The van der Waals surface area contributed by atoms with Crippen LogP contribution in [-0.4, -0.2) is 136 Å². The second kappa shape index (κ2) is 28.0. The summed E-state index contributed by atoms with van der Waals surface area (Å²) in [6.45, 7) is 12.9. The third-order valence-electron chi connectivity index (χ3n) is 11.2. The zero-order valence-electron chi connectivity index (χ0n) is 41.3. The van der Waals surface area contributed by atoms with E-state index in [2.05, 4.69) is 42.2 Å². The molecule has 0 spiro atoms. The SMILES string of the molecule is CC(C)C[C@H](NC(=O)CCN)C(=O)N[C@@H](C)C(=O)NCCN(CC(=O)NCc1cccc(C(=O)N[C@@H](CC(C)C)C(=O)N[C@H](C(=O)N[C@H](C(=O)O)C(C)C)[C@@H](C)O)c1)C(=O)Cc1c[nH]c2ccccc12. The second-order valence-corrected chi connectivity index (χ2v) is 18.6. The number of H-pyrrole nitrogens is 1. The van der Waals surface area contributed by atoms with Crippen molar-refractivity contribution in [2.24, 2.45) is 23.5 Å². The van der Waals surface area contributed by atoms with Gasteiger partial charge in [-0.2, -0.15) is 0 Å². The molecule has 8 amide bonds. The number of carboxylic acid groups (broad SMARTS) is 1. The summed E-state index contributed by atoms with van der Waals surface area (Å²) in [4.78, 5) is 122. The van der Waals surface area contributed by atoms with Gasteiger partial charge in [0.1, 0.15) is 30.2 Å². The van der Waals surface area contributed by atoms with Gasteiger partial charge in [-0.05, 0) is 73.8 Å². The number of benzene rings is 2. The van der Waals surface area contributed by atoms with E-state index in [9.17, 15) is 53.4 Å². The molecule has 0 saturated carbocycles. The number of nitrogens with zero attached hydrogens (tertiary/aromatic N) is 1. The largest absolute Gasteiger partial charge is 0.480 e. The summed E-state index contributed by atoms with van der Waals surface area (Å²) in [5, 5.41) is 39.1. The van der Waals surface area contributed by atoms with Crippen molar-refractivity contribution in [1.82, 2.24) is 47.1 Å². The summed E-state index contributed by atoms with van der Waals surface area (Å²) < 4.78 is 0. The van der Waals surface area contributed by atoms with Crippen molar-refractivity contribution in [3.05, 3.63) is 71.4 Å². The van der Waals surface area contributed by atoms with Crippen LogP contribution < -0.4 is 43.0 Å². The number of aliphatic hydroxyl groups is 1. The van der Waals surface area contributed by atoms with Crippen LogP contribution in [0.4, 0.5) is 0 Å². The van der Waals surface area contributed by atoms with Gasteiger partial charge in [0.05, 0.1) is 19.1 Å². The second-order valence-electron chi connectivity index (χ2n) is 18.6. The van der Waals surface area contributed by atoms with E-state index in [-0.39, 0.29) is 68.7 Å². The molecule has 384 valence electrons. The Hall–Kier alpha value is -6.87. The van der Waals surface area contributed by atoms with Gasteiger partial charge in [-0.1, -0.05) is 71.9 Å². The van der Waals surface area contributed by atoms with Crippen LogP contribution in [0, 0.1) is 17.8 Å². The predicted octanol–water partition coefficient (Wildman–Crippen LogP) is 0.591. The highest BCUT2D eigenvalue weighted by Crippen LogP contribution is 2.19. The third kappa shape index (κ3) is 18.6. The van der Waals surface area contributed by atoms with Crippen LogP contribution in [0.25, 0.3) is 10.9 Å². The number of carboxylic acids is 1. The molecule has 6 atom stereocenters. The van der Waals surface area contributed by atoms with Gasteiger partial charge in [-0.25, -0.2) is 4.79 Å². The molecule has 1 heterocycles. The minimum absolute atomic E-state index is 0.0406. The Bertz CT molecular complexity index is 2300. The molecule has 12 N–H and O–H groups in total. The monoisotopic (exact) mass is 977 g/mol. The molecule has 0 bridgehead atoms. The van der Waals surface area contributed by atoms with Gasteiger partial charge in [0.2, 0.25) is 41.4 Å². The molecule has 3 rings (SSSR count). The molecular weight excluding hydrogens is 905 g/mol. The maximum atomic E-state index is 13.8. The van der Waals surface area contributed by atoms with Gasteiger partial charge in [-0.3, -0.25) is 38.4 Å². The molecular formula is C49H72N10O11. The van der Waals surface area contributed by atoms with Gasteiger partial charge < -0.3 is 63.0 Å². The molecule has 2 aromatic carbocycles. The van der Waals surface area contributed by atoms with Crippen molar-refractivity contribution < 1.29 is 53.4 Å². The minimum atomic E-state index is -1.52. The average Bonchev–Trinajstić information content (AvgIpc) is 3.69. The Morgan fingerprint density at radius 2 is 1.33 bits per heavy atom. The van der Waals surface area contributed by atoms with E-state index in [1.807, 2.05) is 52.0 Å². The van der Waals surface area contributed by atoms with Crippen LogP contribution in [0.15, 0.2) is 54.7 Å². The average molecular weight is 977 g/mol. The lowest BCUT2D eigenvalue weighted by atomic mass is 10.0. The van der Waals surface area contributed by atoms with Gasteiger partial charge in [0.25, 0.3) is 5.91 Å².